The number of aromatic nitrogens is 3. The number of nitrogens with two attached hydrogens (primary N) is 1. The van der Waals surface area contributed by atoms with Gasteiger partial charge in [0.25, 0.3) is 5.91 Å². The summed E-state index contributed by atoms with van der Waals surface area (Å²) in [5, 5.41) is 9.40. The average molecular weight is 383 g/mol. The maximum absolute atomic E-state index is 12.7. The van der Waals surface area contributed by atoms with E-state index < -0.39 is 10.0 Å². The van der Waals surface area contributed by atoms with Crippen molar-refractivity contribution in [3.8, 4) is 11.1 Å². The van der Waals surface area contributed by atoms with Crippen LogP contribution in [0.1, 0.15) is 22.8 Å². The van der Waals surface area contributed by atoms with Gasteiger partial charge in [0.15, 0.2) is 0 Å². The first-order valence-corrected chi connectivity index (χ1v) is 9.87. The molecule has 27 heavy (non-hydrogen) atoms. The van der Waals surface area contributed by atoms with E-state index in [2.05, 4.69) is 10.1 Å². The first kappa shape index (κ1) is 17.4. The van der Waals surface area contributed by atoms with Gasteiger partial charge in [-0.1, -0.05) is 6.07 Å². The quantitative estimate of drug-likeness (QED) is 0.738. The van der Waals surface area contributed by atoms with Crippen molar-refractivity contribution in [1.29, 1.82) is 0 Å². The molecule has 0 saturated carbocycles. The number of aryl methyl sites for hydroxylation is 1. The number of rotatable bonds is 4. The van der Waals surface area contributed by atoms with E-state index in [0.717, 1.165) is 23.4 Å². The summed E-state index contributed by atoms with van der Waals surface area (Å²) in [6, 6.07) is 6.88. The number of benzene rings is 1. The van der Waals surface area contributed by atoms with Crippen LogP contribution in [0.5, 0.6) is 0 Å². The molecule has 2 N–H and O–H groups in total. The van der Waals surface area contributed by atoms with Crippen LogP contribution >= 0.6 is 0 Å². The van der Waals surface area contributed by atoms with Gasteiger partial charge in [-0.05, 0) is 36.2 Å². The Morgan fingerprint density at radius 1 is 1.15 bits per heavy atom. The molecule has 0 radical (unpaired) electrons. The van der Waals surface area contributed by atoms with Crippen LogP contribution in [0.25, 0.3) is 11.1 Å². The van der Waals surface area contributed by atoms with E-state index in [4.69, 9.17) is 5.14 Å². The zero-order chi connectivity index (χ0) is 19.2. The highest BCUT2D eigenvalue weighted by molar-refractivity contribution is 7.89. The van der Waals surface area contributed by atoms with Crippen LogP contribution in [0.4, 0.5) is 5.69 Å². The molecule has 1 aromatic carbocycles. The Bertz CT molecular complexity index is 1150. The minimum absolute atomic E-state index is 0.0508. The van der Waals surface area contributed by atoms with Gasteiger partial charge in [0.2, 0.25) is 10.0 Å². The van der Waals surface area contributed by atoms with Crippen molar-refractivity contribution in [2.75, 3.05) is 4.90 Å². The van der Waals surface area contributed by atoms with Crippen LogP contribution in [-0.2, 0) is 23.1 Å². The van der Waals surface area contributed by atoms with E-state index in [0.29, 0.717) is 17.7 Å². The molecule has 0 atom stereocenters. The Morgan fingerprint density at radius 3 is 2.67 bits per heavy atom. The van der Waals surface area contributed by atoms with E-state index in [1.165, 1.54) is 12.3 Å². The molecular weight excluding hydrogens is 366 g/mol. The van der Waals surface area contributed by atoms with E-state index >= 15 is 0 Å². The molecular formula is C18H17N5O3S. The highest BCUT2D eigenvalue weighted by Gasteiger charge is 2.29. The molecule has 3 aromatic rings. The number of amides is 1. The Labute approximate surface area is 156 Å². The normalized spacial score (nSPS) is 13.9. The summed E-state index contributed by atoms with van der Waals surface area (Å²) in [4.78, 5) is 18.3. The summed E-state index contributed by atoms with van der Waals surface area (Å²) >= 11 is 0. The number of carbonyl (C=O) groups excluding carboxylic acids is 1. The van der Waals surface area contributed by atoms with Crippen molar-refractivity contribution in [2.45, 2.75) is 24.9 Å². The van der Waals surface area contributed by atoms with Crippen LogP contribution in [-0.4, -0.2) is 29.1 Å². The van der Waals surface area contributed by atoms with Crippen LogP contribution in [0.2, 0.25) is 0 Å². The minimum atomic E-state index is -3.83. The predicted molar refractivity (Wildman–Crippen MR) is 99.5 cm³/mol. The second-order valence-electron chi connectivity index (χ2n) is 6.27. The molecule has 0 unspecified atom stereocenters. The van der Waals surface area contributed by atoms with Gasteiger partial charge >= 0.3 is 0 Å². The molecule has 1 amide bonds. The van der Waals surface area contributed by atoms with E-state index in [9.17, 15) is 13.2 Å². The van der Waals surface area contributed by atoms with Crippen LogP contribution in [0, 0.1) is 0 Å². The predicted octanol–water partition coefficient (Wildman–Crippen LogP) is 1.77. The average Bonchev–Trinajstić information content (AvgIpc) is 3.25. The summed E-state index contributed by atoms with van der Waals surface area (Å²) in [5.74, 6) is -0.0800. The number of hydrogen-bond donors (Lipinski definition) is 1. The molecule has 138 valence electrons. The third-order valence-electron chi connectivity index (χ3n) is 4.54. The van der Waals surface area contributed by atoms with E-state index in [-0.39, 0.29) is 10.8 Å². The molecule has 4 rings (SSSR count). The lowest BCUT2D eigenvalue weighted by molar-refractivity contribution is 0.0996. The first-order valence-electron chi connectivity index (χ1n) is 8.32. The number of pyridine rings is 1. The van der Waals surface area contributed by atoms with Gasteiger partial charge in [0.1, 0.15) is 4.90 Å². The van der Waals surface area contributed by atoms with Crippen molar-refractivity contribution < 1.29 is 13.2 Å². The fourth-order valence-corrected chi connectivity index (χ4v) is 3.61. The lowest BCUT2D eigenvalue weighted by Gasteiger charge is -2.12. The zero-order valence-corrected chi connectivity index (χ0v) is 15.3. The lowest BCUT2D eigenvalue weighted by Crippen LogP contribution is -2.22. The van der Waals surface area contributed by atoms with Crippen molar-refractivity contribution in [2.24, 2.45) is 5.14 Å². The summed E-state index contributed by atoms with van der Waals surface area (Å²) < 4.78 is 24.9. The third kappa shape index (κ3) is 3.11. The number of hydrogen-bond acceptors (Lipinski definition) is 5. The standard InChI is InChI=1S/C18H17N5O3S/c1-2-22-11-15(8-21-22)23-10-14-5-12(3-4-17(14)18(23)24)13-6-16(9-20-7-13)27(19,25)26/h3-9,11H,2,10H2,1H3,(H2,19,25,26). The topological polar surface area (TPSA) is 111 Å². The molecule has 9 heteroatoms. The van der Waals surface area contributed by atoms with E-state index in [1.54, 1.807) is 34.1 Å². The fourth-order valence-electron chi connectivity index (χ4n) is 3.11. The summed E-state index contributed by atoms with van der Waals surface area (Å²) in [5.41, 5.74) is 3.62. The van der Waals surface area contributed by atoms with Gasteiger partial charge in [-0.25, -0.2) is 13.6 Å². The van der Waals surface area contributed by atoms with Gasteiger partial charge < -0.3 is 4.90 Å². The second-order valence-corrected chi connectivity index (χ2v) is 7.83. The number of carbonyl (C=O) groups is 1. The summed E-state index contributed by atoms with van der Waals surface area (Å²) in [7, 11) is -3.83. The monoisotopic (exact) mass is 383 g/mol. The number of fused-ring (bicyclic) bond motifs is 1. The van der Waals surface area contributed by atoms with Gasteiger partial charge in [0, 0.05) is 36.3 Å². The highest BCUT2D eigenvalue weighted by Crippen LogP contribution is 2.31. The molecule has 0 bridgehead atoms. The molecule has 2 aromatic heterocycles. The maximum atomic E-state index is 12.7. The molecule has 3 heterocycles. The van der Waals surface area contributed by atoms with Gasteiger partial charge in [-0.2, -0.15) is 5.10 Å². The minimum Gasteiger partial charge on any atom is -0.301 e. The van der Waals surface area contributed by atoms with Crippen LogP contribution in [0.3, 0.4) is 0 Å². The number of primary sulfonamides is 1. The number of anilines is 1. The Hall–Kier alpha value is -3.04. The SMILES string of the molecule is CCn1cc(N2Cc3cc(-c4cncc(S(N)(=O)=O)c4)ccc3C2=O)cn1. The zero-order valence-electron chi connectivity index (χ0n) is 14.5. The van der Waals surface area contributed by atoms with Crippen molar-refractivity contribution in [1.82, 2.24) is 14.8 Å². The van der Waals surface area contributed by atoms with Crippen molar-refractivity contribution in [3.63, 3.8) is 0 Å². The third-order valence-corrected chi connectivity index (χ3v) is 5.42. The fraction of sp³-hybridized carbons (Fsp3) is 0.167. The Kier molecular flexibility index (Phi) is 4.05. The number of nitrogens with zero attached hydrogens (tertiary/aromatic N) is 4. The van der Waals surface area contributed by atoms with Gasteiger partial charge in [-0.3, -0.25) is 14.5 Å². The molecule has 8 nitrogen and oxygen atoms in total. The lowest BCUT2D eigenvalue weighted by atomic mass is 10.0. The second kappa shape index (κ2) is 6.29. The molecule has 1 aliphatic heterocycles. The molecule has 0 aliphatic carbocycles. The van der Waals surface area contributed by atoms with E-state index in [1.807, 2.05) is 19.2 Å². The molecule has 0 spiro atoms. The van der Waals surface area contributed by atoms with Crippen LogP contribution < -0.4 is 10.0 Å². The van der Waals surface area contributed by atoms with Gasteiger partial charge in [0.05, 0.1) is 18.4 Å². The summed E-state index contributed by atoms with van der Waals surface area (Å²) in [6.45, 7) is 3.14. The molecule has 1 aliphatic rings. The largest absolute Gasteiger partial charge is 0.301 e. The Balaban J connectivity index is 1.69. The first-order chi connectivity index (χ1) is 12.9. The maximum Gasteiger partial charge on any atom is 0.259 e. The highest BCUT2D eigenvalue weighted by atomic mass is 32.2. The van der Waals surface area contributed by atoms with Crippen molar-refractivity contribution in [3.05, 3.63) is 60.2 Å². The summed E-state index contributed by atoms with van der Waals surface area (Å²) in [6.07, 6.45) is 6.29. The smallest absolute Gasteiger partial charge is 0.259 e. The molecule has 0 saturated heterocycles. The molecule has 0 fully saturated rings. The number of sulfonamides is 1. The van der Waals surface area contributed by atoms with Crippen molar-refractivity contribution >= 4 is 21.6 Å². The van der Waals surface area contributed by atoms with Crippen LogP contribution in [0.15, 0.2) is 53.9 Å². The Morgan fingerprint density at radius 2 is 1.96 bits per heavy atom. The van der Waals surface area contributed by atoms with Gasteiger partial charge in [-0.15, -0.1) is 0 Å².